The predicted molar refractivity (Wildman–Crippen MR) is 65.8 cm³/mol. The van der Waals surface area contributed by atoms with E-state index in [0.717, 1.165) is 19.5 Å². The van der Waals surface area contributed by atoms with E-state index in [0.29, 0.717) is 5.92 Å². The molecule has 0 aliphatic rings. The normalized spacial score (nSPS) is 13.1. The first kappa shape index (κ1) is 12.2. The van der Waals surface area contributed by atoms with Crippen LogP contribution < -0.4 is 11.1 Å². The molecule has 0 unspecified atom stereocenters. The predicted octanol–water partition coefficient (Wildman–Crippen LogP) is 1.80. The second kappa shape index (κ2) is 6.59. The average molecular weight is 206 g/mol. The van der Waals surface area contributed by atoms with Crippen molar-refractivity contribution in [1.29, 1.82) is 0 Å². The summed E-state index contributed by atoms with van der Waals surface area (Å²) in [5.41, 5.74) is 7.35. The van der Waals surface area contributed by atoms with E-state index in [-0.39, 0.29) is 6.04 Å². The van der Waals surface area contributed by atoms with Gasteiger partial charge in [0.1, 0.15) is 0 Å². The van der Waals surface area contributed by atoms with Gasteiger partial charge in [0.2, 0.25) is 0 Å². The van der Waals surface area contributed by atoms with Crippen molar-refractivity contribution in [2.24, 2.45) is 11.7 Å². The van der Waals surface area contributed by atoms with Gasteiger partial charge in [0.05, 0.1) is 0 Å². The zero-order valence-corrected chi connectivity index (χ0v) is 9.74. The zero-order valence-electron chi connectivity index (χ0n) is 9.74. The van der Waals surface area contributed by atoms with Crippen molar-refractivity contribution in [2.75, 3.05) is 13.1 Å². The highest BCUT2D eigenvalue weighted by atomic mass is 14.9. The van der Waals surface area contributed by atoms with Crippen LogP contribution in [0.4, 0.5) is 0 Å². The summed E-state index contributed by atoms with van der Waals surface area (Å²) in [7, 11) is 0. The van der Waals surface area contributed by atoms with Crippen molar-refractivity contribution in [3.63, 3.8) is 0 Å². The van der Waals surface area contributed by atoms with E-state index in [1.807, 2.05) is 6.07 Å². The molecule has 0 heterocycles. The van der Waals surface area contributed by atoms with E-state index < -0.39 is 0 Å². The minimum atomic E-state index is 0.214. The Balaban J connectivity index is 2.21. The molecule has 1 rings (SSSR count). The first-order valence-electron chi connectivity index (χ1n) is 5.68. The Morgan fingerprint density at radius 2 is 1.80 bits per heavy atom. The third kappa shape index (κ3) is 5.55. The molecule has 1 aromatic rings. The highest BCUT2D eigenvalue weighted by Crippen LogP contribution is 2.01. The van der Waals surface area contributed by atoms with Gasteiger partial charge in [0, 0.05) is 12.6 Å². The highest BCUT2D eigenvalue weighted by Gasteiger charge is 2.03. The molecule has 0 amide bonds. The molecule has 0 aromatic heterocycles. The largest absolute Gasteiger partial charge is 0.326 e. The maximum Gasteiger partial charge on any atom is 0.0206 e. The summed E-state index contributed by atoms with van der Waals surface area (Å²) >= 11 is 0. The van der Waals surface area contributed by atoms with E-state index >= 15 is 0 Å². The van der Waals surface area contributed by atoms with Crippen LogP contribution in [0.25, 0.3) is 0 Å². The molecule has 0 aliphatic heterocycles. The van der Waals surface area contributed by atoms with Gasteiger partial charge in [-0.2, -0.15) is 0 Å². The Labute approximate surface area is 92.9 Å². The lowest BCUT2D eigenvalue weighted by molar-refractivity contribution is 0.512. The van der Waals surface area contributed by atoms with Crippen LogP contribution in [0.3, 0.4) is 0 Å². The standard InChI is InChI=1S/C13H22N2/c1-11(2)9-15-10-13(14)8-12-6-4-3-5-7-12/h3-7,11,13,15H,8-10,14H2,1-2H3/t13-/m0/s1. The van der Waals surface area contributed by atoms with Gasteiger partial charge in [0.25, 0.3) is 0 Å². The molecule has 0 spiro atoms. The van der Waals surface area contributed by atoms with Gasteiger partial charge in [-0.3, -0.25) is 0 Å². The molecule has 2 nitrogen and oxygen atoms in total. The summed E-state index contributed by atoms with van der Waals surface area (Å²) in [4.78, 5) is 0. The lowest BCUT2D eigenvalue weighted by Gasteiger charge is -2.14. The summed E-state index contributed by atoms with van der Waals surface area (Å²) < 4.78 is 0. The summed E-state index contributed by atoms with van der Waals surface area (Å²) in [6.07, 6.45) is 0.950. The van der Waals surface area contributed by atoms with Crippen LogP contribution >= 0.6 is 0 Å². The van der Waals surface area contributed by atoms with Gasteiger partial charge in [-0.25, -0.2) is 0 Å². The smallest absolute Gasteiger partial charge is 0.0206 e. The van der Waals surface area contributed by atoms with Crippen molar-refractivity contribution in [3.05, 3.63) is 35.9 Å². The summed E-state index contributed by atoms with van der Waals surface area (Å²) in [6.45, 7) is 6.35. The van der Waals surface area contributed by atoms with Gasteiger partial charge < -0.3 is 11.1 Å². The first-order valence-corrected chi connectivity index (χ1v) is 5.68. The molecule has 3 N–H and O–H groups in total. The number of benzene rings is 1. The van der Waals surface area contributed by atoms with E-state index in [1.165, 1.54) is 5.56 Å². The Morgan fingerprint density at radius 1 is 1.13 bits per heavy atom. The third-order valence-corrected chi connectivity index (χ3v) is 2.30. The van der Waals surface area contributed by atoms with Crippen molar-refractivity contribution in [3.8, 4) is 0 Å². The maximum absolute atomic E-state index is 6.03. The fraction of sp³-hybridized carbons (Fsp3) is 0.538. The van der Waals surface area contributed by atoms with E-state index in [1.54, 1.807) is 0 Å². The third-order valence-electron chi connectivity index (χ3n) is 2.30. The molecule has 0 saturated heterocycles. The Kier molecular flexibility index (Phi) is 5.37. The number of hydrogen-bond donors (Lipinski definition) is 2. The van der Waals surface area contributed by atoms with Crippen LogP contribution in [-0.2, 0) is 6.42 Å². The Morgan fingerprint density at radius 3 is 2.40 bits per heavy atom. The molecule has 0 radical (unpaired) electrons. The van der Waals surface area contributed by atoms with E-state index in [2.05, 4.69) is 43.4 Å². The molecule has 84 valence electrons. The number of nitrogens with two attached hydrogens (primary N) is 1. The van der Waals surface area contributed by atoms with Gasteiger partial charge >= 0.3 is 0 Å². The quantitative estimate of drug-likeness (QED) is 0.745. The minimum absolute atomic E-state index is 0.214. The fourth-order valence-corrected chi connectivity index (χ4v) is 1.55. The zero-order chi connectivity index (χ0) is 11.1. The van der Waals surface area contributed by atoms with Crippen molar-refractivity contribution >= 4 is 0 Å². The summed E-state index contributed by atoms with van der Waals surface area (Å²) in [5.74, 6) is 0.689. The topological polar surface area (TPSA) is 38.0 Å². The molecule has 1 aromatic carbocycles. The molecular formula is C13H22N2. The van der Waals surface area contributed by atoms with Crippen molar-refractivity contribution < 1.29 is 0 Å². The average Bonchev–Trinajstić information content (AvgIpc) is 2.18. The molecule has 2 heteroatoms. The minimum Gasteiger partial charge on any atom is -0.326 e. The van der Waals surface area contributed by atoms with Crippen LogP contribution in [0.5, 0.6) is 0 Å². The van der Waals surface area contributed by atoms with Gasteiger partial charge in [-0.1, -0.05) is 44.2 Å². The van der Waals surface area contributed by atoms with Gasteiger partial charge in [-0.05, 0) is 24.4 Å². The van der Waals surface area contributed by atoms with E-state index in [9.17, 15) is 0 Å². The van der Waals surface area contributed by atoms with Crippen molar-refractivity contribution in [1.82, 2.24) is 5.32 Å². The van der Waals surface area contributed by atoms with Crippen LogP contribution in [-0.4, -0.2) is 19.1 Å². The van der Waals surface area contributed by atoms with Gasteiger partial charge in [0.15, 0.2) is 0 Å². The molecule has 0 saturated carbocycles. The molecule has 0 aliphatic carbocycles. The monoisotopic (exact) mass is 206 g/mol. The van der Waals surface area contributed by atoms with Gasteiger partial charge in [-0.15, -0.1) is 0 Å². The maximum atomic E-state index is 6.03. The molecule has 1 atom stereocenters. The number of nitrogens with one attached hydrogen (secondary N) is 1. The lowest BCUT2D eigenvalue weighted by Crippen LogP contribution is -2.37. The summed E-state index contributed by atoms with van der Waals surface area (Å²) in [5, 5.41) is 3.38. The van der Waals surface area contributed by atoms with Crippen molar-refractivity contribution in [2.45, 2.75) is 26.3 Å². The van der Waals surface area contributed by atoms with Crippen LogP contribution in [0.2, 0.25) is 0 Å². The Hall–Kier alpha value is -0.860. The SMILES string of the molecule is CC(C)CNC[C@@H](N)Cc1ccccc1. The second-order valence-corrected chi connectivity index (χ2v) is 4.50. The Bertz CT molecular complexity index is 256. The highest BCUT2D eigenvalue weighted by molar-refractivity contribution is 5.15. The molecule has 0 bridgehead atoms. The van der Waals surface area contributed by atoms with Crippen LogP contribution in [0, 0.1) is 5.92 Å². The van der Waals surface area contributed by atoms with Crippen LogP contribution in [0.15, 0.2) is 30.3 Å². The molecular weight excluding hydrogens is 184 g/mol. The van der Waals surface area contributed by atoms with E-state index in [4.69, 9.17) is 5.73 Å². The fourth-order valence-electron chi connectivity index (χ4n) is 1.55. The second-order valence-electron chi connectivity index (χ2n) is 4.50. The summed E-state index contributed by atoms with van der Waals surface area (Å²) in [6, 6.07) is 10.6. The number of rotatable bonds is 6. The van der Waals surface area contributed by atoms with Crippen LogP contribution in [0.1, 0.15) is 19.4 Å². The molecule has 0 fully saturated rings. The molecule has 15 heavy (non-hydrogen) atoms. The first-order chi connectivity index (χ1) is 7.18. The number of hydrogen-bond acceptors (Lipinski definition) is 2. The lowest BCUT2D eigenvalue weighted by atomic mass is 10.1.